The normalized spacial score (nSPS) is 19.2. The molecule has 0 amide bonds. The van der Waals surface area contributed by atoms with Gasteiger partial charge in [-0.25, -0.2) is 0 Å². The Bertz CT molecular complexity index is 1220. The molecule has 0 aliphatic heterocycles. The highest BCUT2D eigenvalue weighted by Crippen LogP contribution is 2.44. The Kier molecular flexibility index (Phi) is 11.8. The number of hydrogen-bond donors (Lipinski definition) is 1. The molecule has 0 saturated heterocycles. The lowest BCUT2D eigenvalue weighted by atomic mass is 9.79. The highest BCUT2D eigenvalue weighted by atomic mass is 32.2. The van der Waals surface area contributed by atoms with E-state index in [-0.39, 0.29) is 21.7 Å². The summed E-state index contributed by atoms with van der Waals surface area (Å²) in [5.41, 5.74) is 7.55. The van der Waals surface area contributed by atoms with Crippen molar-refractivity contribution >= 4 is 23.5 Å². The van der Waals surface area contributed by atoms with E-state index >= 15 is 0 Å². The van der Waals surface area contributed by atoms with Crippen LogP contribution in [0.2, 0.25) is 0 Å². The van der Waals surface area contributed by atoms with E-state index in [0.29, 0.717) is 16.2 Å². The monoisotopic (exact) mass is 626 g/mol. The third-order valence-electron chi connectivity index (χ3n) is 8.95. The van der Waals surface area contributed by atoms with E-state index in [4.69, 9.17) is 4.74 Å². The Hall–Kier alpha value is -1.26. The largest absolute Gasteiger partial charge is 0.507 e. The quantitative estimate of drug-likeness (QED) is 0.331. The topological polar surface area (TPSA) is 29.5 Å². The van der Waals surface area contributed by atoms with Crippen molar-refractivity contribution < 1.29 is 9.84 Å². The summed E-state index contributed by atoms with van der Waals surface area (Å²) in [5, 5.41) is 12.6. The summed E-state index contributed by atoms with van der Waals surface area (Å²) < 4.78 is 6.13. The molecule has 0 aromatic heterocycles. The maximum atomic E-state index is 11.5. The van der Waals surface area contributed by atoms with E-state index in [2.05, 4.69) is 131 Å². The van der Waals surface area contributed by atoms with Crippen molar-refractivity contribution in [1.29, 1.82) is 0 Å². The van der Waals surface area contributed by atoms with Crippen LogP contribution in [0.4, 0.5) is 0 Å². The minimum Gasteiger partial charge on any atom is -0.507 e. The van der Waals surface area contributed by atoms with Gasteiger partial charge >= 0.3 is 0 Å². The Balaban J connectivity index is 1.92. The van der Waals surface area contributed by atoms with Gasteiger partial charge in [-0.2, -0.15) is 23.5 Å². The van der Waals surface area contributed by atoms with E-state index in [1.165, 1.54) is 60.8 Å². The molecule has 0 heterocycles. The molecule has 2 nitrogen and oxygen atoms in total. The lowest BCUT2D eigenvalue weighted by molar-refractivity contribution is 0.393. The van der Waals surface area contributed by atoms with Crippen LogP contribution in [0.1, 0.15) is 155 Å². The molecule has 2 aromatic rings. The zero-order valence-electron chi connectivity index (χ0n) is 29.8. The van der Waals surface area contributed by atoms with Crippen LogP contribution >= 0.6 is 23.5 Å². The number of ether oxygens (including phenoxy) is 1. The fourth-order valence-electron chi connectivity index (χ4n) is 6.03. The van der Waals surface area contributed by atoms with Gasteiger partial charge < -0.3 is 9.84 Å². The number of methoxy groups -OCH3 is 1. The van der Waals surface area contributed by atoms with Gasteiger partial charge in [0.05, 0.1) is 7.11 Å². The first kappa shape index (κ1) is 36.2. The summed E-state index contributed by atoms with van der Waals surface area (Å²) in [6.45, 7) is 27.3. The summed E-state index contributed by atoms with van der Waals surface area (Å²) in [7, 11) is 1.84. The lowest BCUT2D eigenvalue weighted by Gasteiger charge is -2.31. The van der Waals surface area contributed by atoms with Crippen molar-refractivity contribution in [1.82, 2.24) is 0 Å². The number of thioether (sulfide) groups is 2. The van der Waals surface area contributed by atoms with Crippen molar-refractivity contribution in [2.24, 2.45) is 0 Å². The van der Waals surface area contributed by atoms with Crippen molar-refractivity contribution in [3.8, 4) is 11.5 Å². The zero-order valence-corrected chi connectivity index (χ0v) is 31.4. The smallest absolute Gasteiger partial charge is 0.126 e. The van der Waals surface area contributed by atoms with E-state index in [1.807, 2.05) is 7.11 Å². The lowest BCUT2D eigenvalue weighted by Crippen LogP contribution is -2.23. The highest BCUT2D eigenvalue weighted by Gasteiger charge is 2.30. The molecule has 1 aliphatic rings. The fourth-order valence-corrected chi connectivity index (χ4v) is 9.09. The van der Waals surface area contributed by atoms with Crippen LogP contribution in [-0.2, 0) is 33.2 Å². The number of benzene rings is 2. The molecular formula is C39H62O2S2. The summed E-state index contributed by atoms with van der Waals surface area (Å²) in [6.07, 6.45) is 7.79. The second-order valence-corrected chi connectivity index (χ2v) is 19.4. The third kappa shape index (κ3) is 9.62. The van der Waals surface area contributed by atoms with Gasteiger partial charge in [-0.05, 0) is 51.2 Å². The van der Waals surface area contributed by atoms with Crippen LogP contribution in [0.3, 0.4) is 0 Å². The molecule has 1 saturated carbocycles. The van der Waals surface area contributed by atoms with E-state index in [9.17, 15) is 5.11 Å². The number of phenolic OH excluding ortho intramolecular Hbond substituents is 1. The van der Waals surface area contributed by atoms with Crippen molar-refractivity contribution in [2.75, 3.05) is 7.11 Å². The van der Waals surface area contributed by atoms with E-state index in [1.54, 1.807) is 0 Å². The first-order valence-electron chi connectivity index (χ1n) is 16.6. The maximum absolute atomic E-state index is 11.5. The van der Waals surface area contributed by atoms with Crippen molar-refractivity contribution in [2.45, 2.75) is 165 Å². The molecule has 1 aliphatic carbocycles. The second kappa shape index (κ2) is 14.0. The maximum Gasteiger partial charge on any atom is 0.126 e. The summed E-state index contributed by atoms with van der Waals surface area (Å²) in [5.74, 6) is 3.40. The molecule has 4 heteroatoms. The molecule has 0 bridgehead atoms. The Morgan fingerprint density at radius 1 is 0.605 bits per heavy atom. The summed E-state index contributed by atoms with van der Waals surface area (Å²) in [6, 6.07) is 9.31. The molecule has 0 radical (unpaired) electrons. The Morgan fingerprint density at radius 3 is 1.44 bits per heavy atom. The molecule has 242 valence electrons. The molecule has 2 aromatic carbocycles. The number of phenols is 1. The van der Waals surface area contributed by atoms with Crippen LogP contribution in [0.15, 0.2) is 24.3 Å². The minimum atomic E-state index is -0.101. The predicted molar refractivity (Wildman–Crippen MR) is 194 cm³/mol. The molecule has 0 unspecified atom stereocenters. The average Bonchev–Trinajstić information content (AvgIpc) is 2.85. The summed E-state index contributed by atoms with van der Waals surface area (Å²) >= 11 is 4.22. The van der Waals surface area contributed by atoms with Gasteiger partial charge in [0.1, 0.15) is 11.5 Å². The van der Waals surface area contributed by atoms with Crippen LogP contribution in [0, 0.1) is 0 Å². The van der Waals surface area contributed by atoms with Crippen LogP contribution < -0.4 is 4.74 Å². The van der Waals surface area contributed by atoms with Gasteiger partial charge in [-0.15, -0.1) is 0 Å². The molecule has 0 spiro atoms. The first-order chi connectivity index (χ1) is 19.7. The second-order valence-electron chi connectivity index (χ2n) is 16.9. The van der Waals surface area contributed by atoms with Crippen LogP contribution in [0.5, 0.6) is 11.5 Å². The number of rotatable bonds is 7. The van der Waals surface area contributed by atoms with Gasteiger partial charge in [-0.1, -0.05) is 133 Å². The number of hydrogen-bond acceptors (Lipinski definition) is 4. The first-order valence-corrected chi connectivity index (χ1v) is 18.6. The van der Waals surface area contributed by atoms with E-state index < -0.39 is 0 Å². The average molecular weight is 627 g/mol. The van der Waals surface area contributed by atoms with Crippen LogP contribution in [0.25, 0.3) is 0 Å². The minimum absolute atomic E-state index is 0.0140. The molecule has 1 N–H and O–H groups in total. The van der Waals surface area contributed by atoms with Gasteiger partial charge in [-0.3, -0.25) is 0 Å². The van der Waals surface area contributed by atoms with Crippen molar-refractivity contribution in [3.63, 3.8) is 0 Å². The van der Waals surface area contributed by atoms with Gasteiger partial charge in [0, 0.05) is 38.7 Å². The van der Waals surface area contributed by atoms with Crippen molar-refractivity contribution in [3.05, 3.63) is 57.6 Å². The van der Waals surface area contributed by atoms with Gasteiger partial charge in [0.15, 0.2) is 0 Å². The molecule has 1 fully saturated rings. The van der Waals surface area contributed by atoms with Crippen LogP contribution in [-0.4, -0.2) is 22.7 Å². The standard InChI is InChI=1S/C39H62O2S2/c1-36(2,3)28-20-26(34(40)30(22-28)38(7,8)9)24-42-32-18-16-14-15-17-19-33(32)43-25-27-21-29(37(4,5)6)23-31(35(27)41-13)39(10,11)12/h20-23,32-33,40H,14-19,24-25H2,1-13H3/t32-,33-/m0/s1. The highest BCUT2D eigenvalue weighted by molar-refractivity contribution is 8.03. The zero-order chi connectivity index (χ0) is 32.4. The third-order valence-corrected chi connectivity index (χ3v) is 12.1. The molecular weight excluding hydrogens is 565 g/mol. The molecule has 2 atom stereocenters. The van der Waals surface area contributed by atoms with E-state index in [0.717, 1.165) is 28.4 Å². The van der Waals surface area contributed by atoms with Gasteiger partial charge in [0.2, 0.25) is 0 Å². The molecule has 43 heavy (non-hydrogen) atoms. The SMILES string of the molecule is COc1c(CS[C@H]2CCCCCC[C@@H]2SCc2cc(C(C)(C)C)cc(C(C)(C)C)c2O)cc(C(C)(C)C)cc1C(C)(C)C. The number of aromatic hydroxyl groups is 1. The fraction of sp³-hybridized carbons (Fsp3) is 0.692. The molecule has 3 rings (SSSR count). The predicted octanol–water partition coefficient (Wildman–Crippen LogP) is 11.8. The van der Waals surface area contributed by atoms with Gasteiger partial charge in [0.25, 0.3) is 0 Å². The summed E-state index contributed by atoms with van der Waals surface area (Å²) in [4.78, 5) is 0. The Morgan fingerprint density at radius 2 is 1.02 bits per heavy atom. The Labute approximate surface area is 273 Å².